The molecule has 0 bridgehead atoms. The molecule has 10 nitrogen and oxygen atoms in total. The molecular weight excluding hydrogens is 546 g/mol. The fraction of sp³-hybridized carbons (Fsp3) is 0.303. The number of nitrogens with zero attached hydrogens (tertiary/aromatic N) is 2. The molecule has 3 amide bonds. The molecule has 1 saturated carbocycles. The van der Waals surface area contributed by atoms with E-state index in [1.54, 1.807) is 42.0 Å². The molecule has 1 aliphatic carbocycles. The molecule has 2 aromatic carbocycles. The van der Waals surface area contributed by atoms with Crippen molar-refractivity contribution >= 4 is 28.6 Å². The van der Waals surface area contributed by atoms with Gasteiger partial charge in [0.2, 0.25) is 5.91 Å². The Morgan fingerprint density at radius 2 is 1.72 bits per heavy atom. The first-order valence-electron chi connectivity index (χ1n) is 14.3. The number of aryl methyl sites for hydroxylation is 2. The molecule has 0 spiro atoms. The Morgan fingerprint density at radius 1 is 0.977 bits per heavy atom. The van der Waals surface area contributed by atoms with Gasteiger partial charge in [0.05, 0.1) is 11.9 Å². The van der Waals surface area contributed by atoms with E-state index < -0.39 is 11.4 Å². The second kappa shape index (κ2) is 13.0. The third kappa shape index (κ3) is 7.34. The van der Waals surface area contributed by atoms with Gasteiger partial charge in [-0.2, -0.15) is 0 Å². The second-order valence-electron chi connectivity index (χ2n) is 11.2. The Morgan fingerprint density at radius 3 is 2.44 bits per heavy atom. The third-order valence-electron chi connectivity index (χ3n) is 7.87. The zero-order chi connectivity index (χ0) is 30.4. The molecule has 4 aromatic rings. The van der Waals surface area contributed by atoms with E-state index in [-0.39, 0.29) is 24.3 Å². The van der Waals surface area contributed by atoms with Gasteiger partial charge in [0.25, 0.3) is 11.8 Å². The van der Waals surface area contributed by atoms with Crippen LogP contribution < -0.4 is 20.9 Å². The first-order valence-corrected chi connectivity index (χ1v) is 14.3. The summed E-state index contributed by atoms with van der Waals surface area (Å²) in [4.78, 5) is 46.9. The van der Waals surface area contributed by atoms with Gasteiger partial charge in [0.1, 0.15) is 18.1 Å². The molecule has 1 aliphatic rings. The minimum Gasteiger partial charge on any atom is -0.489 e. The van der Waals surface area contributed by atoms with Crippen LogP contribution in [0, 0.1) is 13.8 Å². The van der Waals surface area contributed by atoms with Crippen LogP contribution in [0.15, 0.2) is 72.9 Å². The average Bonchev–Trinajstić information content (AvgIpc) is 3.01. The number of carbonyl (C=O) groups excluding carboxylic acids is 3. The molecule has 10 heteroatoms. The molecule has 0 unspecified atom stereocenters. The highest BCUT2D eigenvalue weighted by Crippen LogP contribution is 2.32. The van der Waals surface area contributed by atoms with Gasteiger partial charge in [-0.05, 0) is 93.6 Å². The van der Waals surface area contributed by atoms with E-state index in [2.05, 4.69) is 20.6 Å². The lowest BCUT2D eigenvalue weighted by Crippen LogP contribution is -2.55. The third-order valence-corrected chi connectivity index (χ3v) is 7.87. The molecular formula is C33H35N5O5. The number of hydroxylamine groups is 1. The van der Waals surface area contributed by atoms with E-state index in [0.29, 0.717) is 49.3 Å². The maximum absolute atomic E-state index is 13.3. The molecule has 0 atom stereocenters. The van der Waals surface area contributed by atoms with Crippen LogP contribution in [0.25, 0.3) is 10.9 Å². The number of pyridine rings is 2. The summed E-state index contributed by atoms with van der Waals surface area (Å²) in [5.41, 5.74) is 5.37. The zero-order valence-electron chi connectivity index (χ0n) is 24.2. The molecule has 222 valence electrons. The monoisotopic (exact) mass is 581 g/mol. The number of hydrogen-bond acceptors (Lipinski definition) is 7. The van der Waals surface area contributed by atoms with E-state index in [1.807, 2.05) is 50.2 Å². The molecule has 43 heavy (non-hydrogen) atoms. The lowest BCUT2D eigenvalue weighted by molar-refractivity contribution is -0.131. The highest BCUT2D eigenvalue weighted by Gasteiger charge is 2.39. The first-order chi connectivity index (χ1) is 20.7. The highest BCUT2D eigenvalue weighted by atomic mass is 16.5. The Kier molecular flexibility index (Phi) is 8.96. The largest absolute Gasteiger partial charge is 0.489 e. The van der Waals surface area contributed by atoms with Gasteiger partial charge in [-0.25, -0.2) is 5.48 Å². The van der Waals surface area contributed by atoms with Crippen molar-refractivity contribution in [2.45, 2.75) is 64.1 Å². The number of nitrogens with one attached hydrogen (secondary N) is 3. The van der Waals surface area contributed by atoms with Crippen molar-refractivity contribution in [3.05, 3.63) is 101 Å². The molecule has 2 aromatic heterocycles. The predicted octanol–water partition coefficient (Wildman–Crippen LogP) is 4.56. The topological polar surface area (TPSA) is 143 Å². The van der Waals surface area contributed by atoms with Crippen molar-refractivity contribution in [1.82, 2.24) is 26.1 Å². The van der Waals surface area contributed by atoms with E-state index in [4.69, 9.17) is 4.74 Å². The number of rotatable bonds is 9. The van der Waals surface area contributed by atoms with Gasteiger partial charge in [-0.3, -0.25) is 29.6 Å². The molecule has 1 fully saturated rings. The summed E-state index contributed by atoms with van der Waals surface area (Å²) in [6.45, 7) is 4.20. The smallest absolute Gasteiger partial charge is 0.270 e. The summed E-state index contributed by atoms with van der Waals surface area (Å²) in [5.74, 6) is -0.564. The Balaban J connectivity index is 1.21. The van der Waals surface area contributed by atoms with Crippen molar-refractivity contribution in [1.29, 1.82) is 0 Å². The van der Waals surface area contributed by atoms with Crippen LogP contribution >= 0.6 is 0 Å². The number of para-hydroxylation sites is 1. The van der Waals surface area contributed by atoms with Crippen LogP contribution in [-0.4, -0.2) is 44.5 Å². The Hall–Kier alpha value is -4.83. The van der Waals surface area contributed by atoms with Gasteiger partial charge >= 0.3 is 0 Å². The van der Waals surface area contributed by atoms with Crippen LogP contribution in [0.2, 0.25) is 0 Å². The standard InChI is InChI=1S/C33H35N5O5/c1-21-13-16-34-29(17-21)32(41)36-25-11-14-33(15-12-25,19-30(39)38-42)37-31(40)23-7-9-26(10-8-23)43-20-24-18-22(2)35-28-6-4-3-5-27(24)28/h3-10,13,16-18,25,42H,11-12,14-15,19-20H2,1-2H3,(H,36,41)(H,37,40)(H,38,39)/t25-,33-. The SMILES string of the molecule is Cc1ccnc(C(=O)N[C@H]2CC[C@](CC(=O)NO)(NC(=O)c3ccc(OCc4cc(C)nc5ccccc45)cc3)CC2)c1. The predicted molar refractivity (Wildman–Crippen MR) is 161 cm³/mol. The van der Waals surface area contributed by atoms with Gasteiger partial charge in [0, 0.05) is 40.0 Å². The first kappa shape index (κ1) is 29.7. The number of carbonyl (C=O) groups is 3. The fourth-order valence-corrected chi connectivity index (χ4v) is 5.62. The normalized spacial score (nSPS) is 18.1. The van der Waals surface area contributed by atoms with Gasteiger partial charge in [-0.1, -0.05) is 18.2 Å². The molecule has 5 rings (SSSR count). The van der Waals surface area contributed by atoms with E-state index in [1.165, 1.54) is 0 Å². The minimum atomic E-state index is -0.873. The summed E-state index contributed by atoms with van der Waals surface area (Å²) in [6, 6.07) is 20.2. The van der Waals surface area contributed by atoms with E-state index >= 15 is 0 Å². The number of ether oxygens (including phenoxy) is 1. The zero-order valence-corrected chi connectivity index (χ0v) is 24.2. The molecule has 0 aliphatic heterocycles. The van der Waals surface area contributed by atoms with E-state index in [0.717, 1.165) is 27.7 Å². The number of fused-ring (bicyclic) bond motifs is 1. The van der Waals surface area contributed by atoms with Gasteiger partial charge in [0.15, 0.2) is 0 Å². The summed E-state index contributed by atoms with van der Waals surface area (Å²) in [7, 11) is 0. The van der Waals surface area contributed by atoms with Gasteiger partial charge < -0.3 is 15.4 Å². The number of aromatic nitrogens is 2. The number of amides is 3. The number of hydrogen-bond donors (Lipinski definition) is 4. The summed E-state index contributed by atoms with van der Waals surface area (Å²) < 4.78 is 6.03. The summed E-state index contributed by atoms with van der Waals surface area (Å²) in [6.07, 6.45) is 3.49. The van der Waals surface area contributed by atoms with Crippen molar-refractivity contribution in [3.63, 3.8) is 0 Å². The van der Waals surface area contributed by atoms with Gasteiger partial charge in [-0.15, -0.1) is 0 Å². The van der Waals surface area contributed by atoms with Crippen LogP contribution in [0.1, 0.15) is 69.8 Å². The highest BCUT2D eigenvalue weighted by molar-refractivity contribution is 5.95. The lowest BCUT2D eigenvalue weighted by Gasteiger charge is -2.40. The summed E-state index contributed by atoms with van der Waals surface area (Å²) >= 11 is 0. The molecule has 2 heterocycles. The Labute approximate surface area is 249 Å². The van der Waals surface area contributed by atoms with Crippen LogP contribution in [0.5, 0.6) is 5.75 Å². The quantitative estimate of drug-likeness (QED) is 0.168. The minimum absolute atomic E-state index is 0.0875. The van der Waals surface area contributed by atoms with Crippen LogP contribution in [-0.2, 0) is 11.4 Å². The molecule has 0 radical (unpaired) electrons. The fourth-order valence-electron chi connectivity index (χ4n) is 5.62. The second-order valence-corrected chi connectivity index (χ2v) is 11.2. The summed E-state index contributed by atoms with van der Waals surface area (Å²) in [5, 5.41) is 16.3. The van der Waals surface area contributed by atoms with Crippen molar-refractivity contribution in [3.8, 4) is 5.75 Å². The molecule has 0 saturated heterocycles. The van der Waals surface area contributed by atoms with Crippen molar-refractivity contribution in [2.75, 3.05) is 0 Å². The maximum atomic E-state index is 13.3. The van der Waals surface area contributed by atoms with Crippen molar-refractivity contribution in [2.24, 2.45) is 0 Å². The van der Waals surface area contributed by atoms with Crippen LogP contribution in [0.4, 0.5) is 0 Å². The Bertz CT molecular complexity index is 1630. The number of benzene rings is 2. The van der Waals surface area contributed by atoms with E-state index in [9.17, 15) is 19.6 Å². The lowest BCUT2D eigenvalue weighted by atomic mass is 9.76. The van der Waals surface area contributed by atoms with Crippen molar-refractivity contribution < 1.29 is 24.3 Å². The maximum Gasteiger partial charge on any atom is 0.270 e. The average molecular weight is 582 g/mol. The van der Waals surface area contributed by atoms with Crippen LogP contribution in [0.3, 0.4) is 0 Å². The molecule has 4 N–H and O–H groups in total.